The molecule has 0 N–H and O–H groups in total. The molecular weight excluding hydrogens is 458 g/mol. The number of amides is 1. The van der Waals surface area contributed by atoms with Crippen LogP contribution in [0.3, 0.4) is 0 Å². The fourth-order valence-electron chi connectivity index (χ4n) is 5.67. The van der Waals surface area contributed by atoms with Crippen molar-refractivity contribution in [2.24, 2.45) is 11.8 Å². The Bertz CT molecular complexity index is 947. The van der Waals surface area contributed by atoms with Gasteiger partial charge in [-0.1, -0.05) is 12.1 Å². The van der Waals surface area contributed by atoms with Gasteiger partial charge in [0.05, 0.1) is 5.92 Å². The van der Waals surface area contributed by atoms with Gasteiger partial charge in [0.2, 0.25) is 11.8 Å². The van der Waals surface area contributed by atoms with E-state index in [1.54, 1.807) is 8.61 Å². The van der Waals surface area contributed by atoms with Crippen molar-refractivity contribution in [3.63, 3.8) is 0 Å². The van der Waals surface area contributed by atoms with Crippen molar-refractivity contribution in [3.05, 3.63) is 11.7 Å². The molecule has 1 amide bonds. The number of hydrogen-bond acceptors (Lipinski definition) is 7. The fraction of sp³-hybridized carbons (Fsp3) is 0.870. The standard InChI is InChI=1S/C23H37N5O5S/c1-17-2-10-27(11-3-17)34(30,31)28-12-5-19(6-13-28)23(29)26-9-4-20(16-26)22-24-21(25-33-22)18-7-14-32-15-8-18/h17-20H,2-16H2,1H3. The lowest BCUT2D eigenvalue weighted by Crippen LogP contribution is -2.50. The molecule has 1 atom stereocenters. The van der Waals surface area contributed by atoms with Crippen LogP contribution in [0.1, 0.15) is 75.4 Å². The van der Waals surface area contributed by atoms with Gasteiger partial charge in [-0.25, -0.2) is 0 Å². The number of carbonyl (C=O) groups is 1. The molecule has 4 aliphatic rings. The van der Waals surface area contributed by atoms with Gasteiger partial charge in [0.25, 0.3) is 10.2 Å². The van der Waals surface area contributed by atoms with Crippen LogP contribution >= 0.6 is 0 Å². The van der Waals surface area contributed by atoms with Crippen molar-refractivity contribution in [1.29, 1.82) is 0 Å². The molecule has 0 saturated carbocycles. The summed E-state index contributed by atoms with van der Waals surface area (Å²) < 4.78 is 40.2. The highest BCUT2D eigenvalue weighted by atomic mass is 32.2. The van der Waals surface area contributed by atoms with E-state index >= 15 is 0 Å². The molecule has 0 aromatic carbocycles. The van der Waals surface area contributed by atoms with E-state index in [4.69, 9.17) is 9.26 Å². The monoisotopic (exact) mass is 495 g/mol. The number of carbonyl (C=O) groups excluding carboxylic acids is 1. The summed E-state index contributed by atoms with van der Waals surface area (Å²) in [7, 11) is -3.42. The van der Waals surface area contributed by atoms with Gasteiger partial charge < -0.3 is 14.2 Å². The summed E-state index contributed by atoms with van der Waals surface area (Å²) in [5.41, 5.74) is 0. The summed E-state index contributed by atoms with van der Waals surface area (Å²) in [4.78, 5) is 19.8. The Hall–Kier alpha value is -1.56. The van der Waals surface area contributed by atoms with Crippen molar-refractivity contribution in [1.82, 2.24) is 23.7 Å². The van der Waals surface area contributed by atoms with E-state index in [1.165, 1.54) is 0 Å². The molecule has 5 rings (SSSR count). The van der Waals surface area contributed by atoms with Crippen LogP contribution in [0.25, 0.3) is 0 Å². The Balaban J connectivity index is 1.12. The zero-order chi connectivity index (χ0) is 23.7. The summed E-state index contributed by atoms with van der Waals surface area (Å²) in [5, 5.41) is 4.21. The summed E-state index contributed by atoms with van der Waals surface area (Å²) >= 11 is 0. The number of piperidine rings is 2. The van der Waals surface area contributed by atoms with E-state index in [0.717, 1.165) is 51.1 Å². The molecule has 34 heavy (non-hydrogen) atoms. The first-order chi connectivity index (χ1) is 16.4. The van der Waals surface area contributed by atoms with Gasteiger partial charge in [0.1, 0.15) is 0 Å². The number of ether oxygens (including phenoxy) is 1. The summed E-state index contributed by atoms with van der Waals surface area (Å²) in [6, 6.07) is 0. The molecule has 1 aromatic heterocycles. The smallest absolute Gasteiger partial charge is 0.281 e. The van der Waals surface area contributed by atoms with Crippen LogP contribution in [0.2, 0.25) is 0 Å². The van der Waals surface area contributed by atoms with Crippen molar-refractivity contribution >= 4 is 16.1 Å². The maximum absolute atomic E-state index is 13.2. The van der Waals surface area contributed by atoms with E-state index < -0.39 is 10.2 Å². The SMILES string of the molecule is CC1CCN(S(=O)(=O)N2CCC(C(=O)N3CCC(c4nc(C5CCOCC5)no4)C3)CC2)CC1. The minimum absolute atomic E-state index is 0.0759. The molecule has 0 spiro atoms. The first-order valence-corrected chi connectivity index (χ1v) is 14.3. The molecule has 11 heteroatoms. The molecular formula is C23H37N5O5S. The van der Waals surface area contributed by atoms with Crippen LogP contribution in [0, 0.1) is 11.8 Å². The first kappa shape index (κ1) is 24.1. The average molecular weight is 496 g/mol. The van der Waals surface area contributed by atoms with Crippen molar-refractivity contribution in [3.8, 4) is 0 Å². The normalized spacial score (nSPS) is 27.4. The first-order valence-electron chi connectivity index (χ1n) is 12.9. The van der Waals surface area contributed by atoms with Crippen LogP contribution in [0.15, 0.2) is 4.52 Å². The van der Waals surface area contributed by atoms with Gasteiger partial charge in [-0.3, -0.25) is 4.79 Å². The van der Waals surface area contributed by atoms with E-state index in [9.17, 15) is 13.2 Å². The van der Waals surface area contributed by atoms with Gasteiger partial charge >= 0.3 is 0 Å². The van der Waals surface area contributed by atoms with Crippen LogP contribution < -0.4 is 0 Å². The molecule has 0 bridgehead atoms. The molecule has 10 nitrogen and oxygen atoms in total. The third-order valence-electron chi connectivity index (χ3n) is 8.09. The largest absolute Gasteiger partial charge is 0.381 e. The second-order valence-electron chi connectivity index (χ2n) is 10.4. The van der Waals surface area contributed by atoms with Crippen LogP contribution in [0.4, 0.5) is 0 Å². The molecule has 0 aliphatic carbocycles. The van der Waals surface area contributed by atoms with Crippen molar-refractivity contribution in [2.75, 3.05) is 52.5 Å². The third kappa shape index (κ3) is 5.03. The third-order valence-corrected chi connectivity index (χ3v) is 10.1. The maximum Gasteiger partial charge on any atom is 0.281 e. The lowest BCUT2D eigenvalue weighted by Gasteiger charge is -2.37. The van der Waals surface area contributed by atoms with Crippen LogP contribution in [-0.4, -0.2) is 90.5 Å². The highest BCUT2D eigenvalue weighted by Crippen LogP contribution is 2.32. The fourth-order valence-corrected chi connectivity index (χ4v) is 7.34. The Morgan fingerprint density at radius 1 is 0.882 bits per heavy atom. The second kappa shape index (κ2) is 10.2. The minimum atomic E-state index is -3.42. The van der Waals surface area contributed by atoms with Gasteiger partial charge in [0, 0.05) is 64.3 Å². The van der Waals surface area contributed by atoms with Gasteiger partial charge in [-0.15, -0.1) is 0 Å². The van der Waals surface area contributed by atoms with E-state index in [1.807, 2.05) is 4.90 Å². The molecule has 4 aliphatic heterocycles. The van der Waals surface area contributed by atoms with E-state index in [0.29, 0.717) is 69.8 Å². The number of rotatable bonds is 5. The molecule has 4 saturated heterocycles. The maximum atomic E-state index is 13.2. The topological polar surface area (TPSA) is 109 Å². The highest BCUT2D eigenvalue weighted by Gasteiger charge is 2.39. The van der Waals surface area contributed by atoms with E-state index in [-0.39, 0.29) is 17.7 Å². The predicted octanol–water partition coefficient (Wildman–Crippen LogP) is 1.97. The lowest BCUT2D eigenvalue weighted by molar-refractivity contribution is -0.135. The lowest BCUT2D eigenvalue weighted by atomic mass is 9.96. The van der Waals surface area contributed by atoms with Crippen LogP contribution in [-0.2, 0) is 19.7 Å². The molecule has 1 aromatic rings. The summed E-state index contributed by atoms with van der Waals surface area (Å²) in [6.07, 6.45) is 5.65. The highest BCUT2D eigenvalue weighted by molar-refractivity contribution is 7.86. The Morgan fingerprint density at radius 3 is 2.21 bits per heavy atom. The van der Waals surface area contributed by atoms with Gasteiger partial charge in [-0.2, -0.15) is 22.0 Å². The predicted molar refractivity (Wildman–Crippen MR) is 124 cm³/mol. The number of hydrogen-bond donors (Lipinski definition) is 0. The minimum Gasteiger partial charge on any atom is -0.381 e. The Labute approximate surface area is 202 Å². The molecule has 190 valence electrons. The quantitative estimate of drug-likeness (QED) is 0.614. The summed E-state index contributed by atoms with van der Waals surface area (Å²) in [5.74, 6) is 2.36. The Kier molecular flexibility index (Phi) is 7.25. The Morgan fingerprint density at radius 2 is 1.53 bits per heavy atom. The molecule has 1 unspecified atom stereocenters. The summed E-state index contributed by atoms with van der Waals surface area (Å²) in [6.45, 7) is 6.96. The molecule has 0 radical (unpaired) electrons. The zero-order valence-corrected chi connectivity index (χ0v) is 20.9. The molecule has 5 heterocycles. The van der Waals surface area contributed by atoms with Crippen molar-refractivity contribution < 1.29 is 22.5 Å². The van der Waals surface area contributed by atoms with Crippen LogP contribution in [0.5, 0.6) is 0 Å². The second-order valence-corrected chi connectivity index (χ2v) is 12.3. The average Bonchev–Trinajstić information content (AvgIpc) is 3.55. The number of aromatic nitrogens is 2. The van der Waals surface area contributed by atoms with Crippen molar-refractivity contribution in [2.45, 2.75) is 63.7 Å². The number of nitrogens with zero attached hydrogens (tertiary/aromatic N) is 5. The molecule has 4 fully saturated rings. The van der Waals surface area contributed by atoms with Gasteiger partial charge in [-0.05, 0) is 50.9 Å². The van der Waals surface area contributed by atoms with E-state index in [2.05, 4.69) is 17.1 Å². The zero-order valence-electron chi connectivity index (χ0n) is 20.1. The van der Waals surface area contributed by atoms with Gasteiger partial charge in [0.15, 0.2) is 5.82 Å². The number of likely N-dealkylation sites (tertiary alicyclic amines) is 1.